The number of benzene rings is 1. The highest BCUT2D eigenvalue weighted by Crippen LogP contribution is 2.35. The van der Waals surface area contributed by atoms with Gasteiger partial charge in [-0.15, -0.1) is 11.3 Å². The van der Waals surface area contributed by atoms with E-state index in [9.17, 15) is 18.0 Å². The first-order valence-electron chi connectivity index (χ1n) is 10.1. The van der Waals surface area contributed by atoms with Crippen LogP contribution in [0.3, 0.4) is 0 Å². The second kappa shape index (κ2) is 9.45. The summed E-state index contributed by atoms with van der Waals surface area (Å²) in [5.74, 6) is -0.304. The molecule has 14 heteroatoms. The molecule has 0 unspecified atom stereocenters. The molecule has 4 heterocycles. The van der Waals surface area contributed by atoms with Crippen LogP contribution in [0.4, 0.5) is 18.9 Å². The van der Waals surface area contributed by atoms with E-state index in [2.05, 4.69) is 20.5 Å². The van der Waals surface area contributed by atoms with Crippen molar-refractivity contribution in [1.29, 1.82) is 0 Å². The van der Waals surface area contributed by atoms with E-state index in [1.165, 1.54) is 28.4 Å². The van der Waals surface area contributed by atoms with E-state index in [1.807, 2.05) is 0 Å². The number of nitrogens with zero attached hydrogens (tertiary/aromatic N) is 5. The van der Waals surface area contributed by atoms with Gasteiger partial charge in [0, 0.05) is 5.02 Å². The van der Waals surface area contributed by atoms with Gasteiger partial charge in [0.05, 0.1) is 28.7 Å². The van der Waals surface area contributed by atoms with Crippen LogP contribution >= 0.6 is 34.5 Å². The third kappa shape index (κ3) is 4.87. The number of ether oxygens (including phenoxy) is 1. The monoisotopic (exact) mass is 552 g/mol. The third-order valence-corrected chi connectivity index (χ3v) is 6.34. The summed E-state index contributed by atoms with van der Waals surface area (Å²) < 4.78 is 48.9. The molecule has 1 aromatic carbocycles. The van der Waals surface area contributed by atoms with Crippen LogP contribution in [0.15, 0.2) is 60.2 Å². The van der Waals surface area contributed by atoms with Crippen LogP contribution in [0.5, 0.6) is 5.75 Å². The lowest BCUT2D eigenvalue weighted by atomic mass is 10.2. The smallest absolute Gasteiger partial charge is 0.433 e. The molecular formula is C22H13Cl2F3N6O2S. The Labute approximate surface area is 214 Å². The Balaban J connectivity index is 1.40. The number of carbonyl (C=O) groups excluding carboxylic acids is 1. The Morgan fingerprint density at radius 3 is 2.72 bits per heavy atom. The van der Waals surface area contributed by atoms with Gasteiger partial charge < -0.3 is 10.1 Å². The van der Waals surface area contributed by atoms with Gasteiger partial charge >= 0.3 is 6.18 Å². The van der Waals surface area contributed by atoms with Crippen LogP contribution in [-0.2, 0) is 12.9 Å². The predicted octanol–water partition coefficient (Wildman–Crippen LogP) is 6.27. The van der Waals surface area contributed by atoms with Crippen molar-refractivity contribution in [2.75, 3.05) is 5.32 Å². The highest BCUT2D eigenvalue weighted by atomic mass is 35.5. The van der Waals surface area contributed by atoms with Gasteiger partial charge in [-0.3, -0.25) is 4.79 Å². The average Bonchev–Trinajstić information content (AvgIpc) is 3.58. The molecule has 184 valence electrons. The molecule has 0 spiro atoms. The SMILES string of the molecule is O=C(Nc1cnn(COc2cccc(Cl)c2)c1)c1nn2c(C(F)(F)F)cc(-c3cccs3)nc2c1Cl. The number of rotatable bonds is 6. The molecule has 0 bridgehead atoms. The highest BCUT2D eigenvalue weighted by Gasteiger charge is 2.37. The van der Waals surface area contributed by atoms with Gasteiger partial charge in [-0.05, 0) is 35.7 Å². The standard InChI is InChI=1S/C22H13Cl2F3N6O2S/c23-12-3-1-4-14(7-12)35-11-32-10-13(9-28-32)29-21(34)19-18(24)20-30-15(16-5-2-6-36-16)8-17(22(25,26)27)33(20)31-19/h1-10H,11H2,(H,29,34). The Hall–Kier alpha value is -3.61. The fraction of sp³-hybridized carbons (Fsp3) is 0.0909. The number of fused-ring (bicyclic) bond motifs is 1. The van der Waals surface area contributed by atoms with Gasteiger partial charge in [0.1, 0.15) is 10.8 Å². The molecule has 36 heavy (non-hydrogen) atoms. The lowest BCUT2D eigenvalue weighted by molar-refractivity contribution is -0.142. The fourth-order valence-corrected chi connectivity index (χ4v) is 4.39. The maximum atomic E-state index is 13.8. The van der Waals surface area contributed by atoms with Crippen LogP contribution in [0.2, 0.25) is 10.0 Å². The minimum absolute atomic E-state index is 0.0235. The van der Waals surface area contributed by atoms with Crippen molar-refractivity contribution in [2.45, 2.75) is 12.9 Å². The summed E-state index contributed by atoms with van der Waals surface area (Å²) in [6.07, 6.45) is -1.95. The third-order valence-electron chi connectivity index (χ3n) is 4.86. The van der Waals surface area contributed by atoms with Gasteiger partial charge in [-0.25, -0.2) is 14.2 Å². The first-order valence-corrected chi connectivity index (χ1v) is 11.7. The van der Waals surface area contributed by atoms with Crippen molar-refractivity contribution in [3.8, 4) is 16.3 Å². The first kappa shape index (κ1) is 24.1. The summed E-state index contributed by atoms with van der Waals surface area (Å²) in [4.78, 5) is 17.6. The van der Waals surface area contributed by atoms with Crippen molar-refractivity contribution in [2.24, 2.45) is 0 Å². The fourth-order valence-electron chi connectivity index (χ4n) is 3.28. The van der Waals surface area contributed by atoms with E-state index in [4.69, 9.17) is 27.9 Å². The summed E-state index contributed by atoms with van der Waals surface area (Å²) in [5.41, 5.74) is -1.49. The Bertz CT molecular complexity index is 1570. The molecule has 0 aliphatic heterocycles. The molecule has 1 amide bonds. The molecule has 1 N–H and O–H groups in total. The van der Waals surface area contributed by atoms with Crippen LogP contribution < -0.4 is 10.1 Å². The number of halogens is 5. The second-order valence-electron chi connectivity index (χ2n) is 7.35. The topological polar surface area (TPSA) is 86.3 Å². The molecule has 5 rings (SSSR count). The lowest BCUT2D eigenvalue weighted by Crippen LogP contribution is -2.15. The summed E-state index contributed by atoms with van der Waals surface area (Å²) in [6, 6.07) is 11.0. The largest absolute Gasteiger partial charge is 0.471 e. The van der Waals surface area contributed by atoms with Crippen LogP contribution in [0, 0.1) is 0 Å². The summed E-state index contributed by atoms with van der Waals surface area (Å²) >= 11 is 13.4. The molecule has 0 fully saturated rings. The van der Waals surface area contributed by atoms with E-state index in [0.717, 1.165) is 6.07 Å². The maximum absolute atomic E-state index is 13.8. The van der Waals surface area contributed by atoms with Crippen LogP contribution in [0.1, 0.15) is 16.2 Å². The number of thiophene rings is 1. The molecular weight excluding hydrogens is 540 g/mol. The van der Waals surface area contributed by atoms with Gasteiger partial charge in [0.2, 0.25) is 0 Å². The molecule has 0 saturated carbocycles. The Morgan fingerprint density at radius 1 is 1.17 bits per heavy atom. The minimum atomic E-state index is -4.76. The van der Waals surface area contributed by atoms with Crippen LogP contribution in [-0.4, -0.2) is 30.3 Å². The van der Waals surface area contributed by atoms with Crippen molar-refractivity contribution in [3.05, 3.63) is 81.7 Å². The normalized spacial score (nSPS) is 11.7. The molecule has 0 saturated heterocycles. The van der Waals surface area contributed by atoms with Gasteiger partial charge in [0.15, 0.2) is 23.8 Å². The van der Waals surface area contributed by atoms with Crippen molar-refractivity contribution < 1.29 is 22.7 Å². The number of amides is 1. The molecule has 0 atom stereocenters. The maximum Gasteiger partial charge on any atom is 0.433 e. The quantitative estimate of drug-likeness (QED) is 0.268. The number of carbonyl (C=O) groups is 1. The Kier molecular flexibility index (Phi) is 6.33. The predicted molar refractivity (Wildman–Crippen MR) is 129 cm³/mol. The molecule has 8 nitrogen and oxygen atoms in total. The zero-order chi connectivity index (χ0) is 25.4. The molecule has 0 aliphatic rings. The van der Waals surface area contributed by atoms with Crippen molar-refractivity contribution in [1.82, 2.24) is 24.4 Å². The van der Waals surface area contributed by atoms with E-state index in [1.54, 1.807) is 41.8 Å². The van der Waals surface area contributed by atoms with Gasteiger partial charge in [-0.1, -0.05) is 35.3 Å². The highest BCUT2D eigenvalue weighted by molar-refractivity contribution is 7.13. The minimum Gasteiger partial charge on any atom is -0.471 e. The van der Waals surface area contributed by atoms with Gasteiger partial charge in [-0.2, -0.15) is 23.4 Å². The number of alkyl halides is 3. The van der Waals surface area contributed by atoms with Crippen molar-refractivity contribution >= 4 is 51.8 Å². The number of nitrogens with one attached hydrogen (secondary N) is 1. The molecule has 4 aromatic heterocycles. The molecule has 0 radical (unpaired) electrons. The number of hydrogen-bond acceptors (Lipinski definition) is 6. The second-order valence-corrected chi connectivity index (χ2v) is 9.12. The average molecular weight is 553 g/mol. The zero-order valence-corrected chi connectivity index (χ0v) is 20.2. The number of hydrogen-bond donors (Lipinski definition) is 1. The van der Waals surface area contributed by atoms with E-state index < -0.39 is 23.5 Å². The Morgan fingerprint density at radius 2 is 2.00 bits per heavy atom. The van der Waals surface area contributed by atoms with Crippen LogP contribution in [0.25, 0.3) is 16.2 Å². The summed E-state index contributed by atoms with van der Waals surface area (Å²) in [7, 11) is 0. The summed E-state index contributed by atoms with van der Waals surface area (Å²) in [6.45, 7) is 0.0235. The molecule has 0 aliphatic carbocycles. The number of anilines is 1. The number of aromatic nitrogens is 5. The summed E-state index contributed by atoms with van der Waals surface area (Å²) in [5, 5.41) is 12.3. The van der Waals surface area contributed by atoms with E-state index in [-0.39, 0.29) is 28.8 Å². The van der Waals surface area contributed by atoms with Crippen molar-refractivity contribution in [3.63, 3.8) is 0 Å². The van der Waals surface area contributed by atoms with E-state index >= 15 is 0 Å². The lowest BCUT2D eigenvalue weighted by Gasteiger charge is -2.10. The van der Waals surface area contributed by atoms with E-state index in [0.29, 0.717) is 20.2 Å². The van der Waals surface area contributed by atoms with Gasteiger partial charge in [0.25, 0.3) is 5.91 Å². The first-order chi connectivity index (χ1) is 17.2. The molecule has 5 aromatic rings. The zero-order valence-electron chi connectivity index (χ0n) is 17.8.